The molecule has 0 spiro atoms. The number of benzene rings is 4. The van der Waals surface area contributed by atoms with E-state index in [1.54, 1.807) is 20.8 Å². The van der Waals surface area contributed by atoms with Crippen LogP contribution in [-0.2, 0) is 19.6 Å². The molecule has 50 heavy (non-hydrogen) atoms. The Morgan fingerprint density at radius 1 is 0.480 bits per heavy atom. The lowest BCUT2D eigenvalue weighted by atomic mass is 9.87. The molecule has 0 aromatic heterocycles. The third kappa shape index (κ3) is 14.3. The number of Topliss-reactive ketones (excluding diaryl/α,β-unsaturated/α-hetero) is 3. The molecule has 0 radical (unpaired) electrons. The van der Waals surface area contributed by atoms with Gasteiger partial charge in [0, 0.05) is 53.4 Å². The van der Waals surface area contributed by atoms with Crippen LogP contribution < -0.4 is 16.0 Å². The Balaban J connectivity index is 0.000000978. The maximum absolute atomic E-state index is 11.9. The Morgan fingerprint density at radius 3 is 0.900 bits per heavy atom. The van der Waals surface area contributed by atoms with Crippen molar-refractivity contribution in [3.05, 3.63) is 123 Å². The summed E-state index contributed by atoms with van der Waals surface area (Å²) in [4.78, 5) is 35.8. The van der Waals surface area contributed by atoms with E-state index >= 15 is 0 Å². The van der Waals surface area contributed by atoms with E-state index in [1.807, 2.05) is 72.8 Å². The molecule has 4 aromatic rings. The molecule has 6 nitrogen and oxygen atoms in total. The van der Waals surface area contributed by atoms with E-state index in [4.69, 9.17) is 69.6 Å². The van der Waals surface area contributed by atoms with Crippen molar-refractivity contribution in [1.29, 1.82) is 0 Å². The highest BCUT2D eigenvalue weighted by molar-refractivity contribution is 6.63. The first kappa shape index (κ1) is 43.2. The van der Waals surface area contributed by atoms with Gasteiger partial charge in [0.15, 0.2) is 25.9 Å². The second-order valence-electron chi connectivity index (χ2n) is 11.3. The van der Waals surface area contributed by atoms with Crippen LogP contribution in [0, 0.1) is 20.8 Å². The summed E-state index contributed by atoms with van der Waals surface area (Å²) in [6.07, 6.45) is 0. The van der Waals surface area contributed by atoms with Crippen molar-refractivity contribution < 1.29 is 14.4 Å². The highest BCUT2D eigenvalue weighted by atomic mass is 35.6. The minimum absolute atomic E-state index is 0.0331. The molecule has 0 atom stereocenters. The number of hydrogen-bond donors (Lipinski definition) is 3. The zero-order chi connectivity index (χ0) is 37.5. The van der Waals surface area contributed by atoms with Gasteiger partial charge in [-0.25, -0.2) is 0 Å². The summed E-state index contributed by atoms with van der Waals surface area (Å²) >= 11 is 28.8. The SMILES string of the molecule is CC(=O)c1cccc(NCc2c(C)c(CNc3cccc(C(C)=O)c3)c(C)c(CNc3cccc(C(C)=O)c3)c2C)c1.ClC(Cl)Cl.ClC(Cl)Cl. The van der Waals surface area contributed by atoms with E-state index in [9.17, 15) is 14.4 Å². The Morgan fingerprint density at radius 2 is 0.700 bits per heavy atom. The zero-order valence-electron chi connectivity index (χ0n) is 28.7. The Kier molecular flexibility index (Phi) is 18.5. The van der Waals surface area contributed by atoms with E-state index in [0.717, 1.165) is 17.1 Å². The topological polar surface area (TPSA) is 87.3 Å². The number of alkyl halides is 6. The van der Waals surface area contributed by atoms with Crippen LogP contribution in [0.15, 0.2) is 72.8 Å². The van der Waals surface area contributed by atoms with E-state index < -0.39 is 8.59 Å². The predicted octanol–water partition coefficient (Wildman–Crippen LogP) is 12.0. The molecule has 0 aliphatic rings. The van der Waals surface area contributed by atoms with Crippen molar-refractivity contribution in [2.45, 2.75) is 69.8 Å². The van der Waals surface area contributed by atoms with Crippen molar-refractivity contribution in [2.75, 3.05) is 16.0 Å². The minimum atomic E-state index is -0.750. The lowest BCUT2D eigenvalue weighted by molar-refractivity contribution is 0.100. The molecular weight excluding hydrogens is 759 g/mol. The van der Waals surface area contributed by atoms with Gasteiger partial charge in [0.1, 0.15) is 0 Å². The molecule has 12 heteroatoms. The molecule has 3 N–H and O–H groups in total. The quantitative estimate of drug-likeness (QED) is 0.0977. The predicted molar refractivity (Wildman–Crippen MR) is 215 cm³/mol. The number of hydrogen-bond acceptors (Lipinski definition) is 6. The summed E-state index contributed by atoms with van der Waals surface area (Å²) in [7, 11) is 0. The maximum atomic E-state index is 11.9. The summed E-state index contributed by atoms with van der Waals surface area (Å²) in [5, 5.41) is 10.6. The fraction of sp³-hybridized carbons (Fsp3) is 0.289. The maximum Gasteiger partial charge on any atom is 0.180 e. The second-order valence-corrected chi connectivity index (χ2v) is 15.2. The van der Waals surface area contributed by atoms with E-state index in [0.29, 0.717) is 36.3 Å². The van der Waals surface area contributed by atoms with Crippen LogP contribution in [0.4, 0.5) is 17.1 Å². The fourth-order valence-corrected chi connectivity index (χ4v) is 5.30. The van der Waals surface area contributed by atoms with Gasteiger partial charge in [0.2, 0.25) is 0 Å². The molecule has 0 amide bonds. The number of anilines is 3. The molecule has 0 aliphatic heterocycles. The normalized spacial score (nSPS) is 10.4. The number of rotatable bonds is 12. The molecule has 0 bridgehead atoms. The average molecular weight is 800 g/mol. The first-order chi connectivity index (χ1) is 23.5. The lowest BCUT2D eigenvalue weighted by Crippen LogP contribution is -2.15. The van der Waals surface area contributed by atoms with Gasteiger partial charge in [0.05, 0.1) is 0 Å². The zero-order valence-corrected chi connectivity index (χ0v) is 33.2. The number of carbonyl (C=O) groups is 3. The fourth-order valence-electron chi connectivity index (χ4n) is 5.30. The van der Waals surface area contributed by atoms with Crippen molar-refractivity contribution in [2.24, 2.45) is 0 Å². The van der Waals surface area contributed by atoms with Gasteiger partial charge in [-0.3, -0.25) is 14.4 Å². The molecule has 0 fully saturated rings. The van der Waals surface area contributed by atoms with Crippen molar-refractivity contribution in [1.82, 2.24) is 0 Å². The molecule has 4 rings (SSSR count). The Hall–Kier alpha value is -2.97. The molecule has 0 heterocycles. The van der Waals surface area contributed by atoms with Gasteiger partial charge in [-0.1, -0.05) is 106 Å². The monoisotopic (exact) mass is 797 g/mol. The highest BCUT2D eigenvalue weighted by Crippen LogP contribution is 2.30. The molecule has 0 saturated heterocycles. The van der Waals surface area contributed by atoms with Crippen LogP contribution >= 0.6 is 69.6 Å². The molecular formula is C38H41Cl6N3O3. The Labute approximate surface area is 325 Å². The van der Waals surface area contributed by atoms with Gasteiger partial charge in [-0.15, -0.1) is 0 Å². The molecule has 4 aromatic carbocycles. The van der Waals surface area contributed by atoms with E-state index in [2.05, 4.69) is 36.7 Å². The van der Waals surface area contributed by atoms with Crippen molar-refractivity contribution in [3.63, 3.8) is 0 Å². The van der Waals surface area contributed by atoms with Crippen molar-refractivity contribution in [3.8, 4) is 0 Å². The van der Waals surface area contributed by atoms with Crippen molar-refractivity contribution >= 4 is 104 Å². The lowest BCUT2D eigenvalue weighted by Gasteiger charge is -2.24. The van der Waals surface area contributed by atoms with Crippen LogP contribution in [0.25, 0.3) is 0 Å². The van der Waals surface area contributed by atoms with Crippen LogP contribution in [0.1, 0.15) is 85.2 Å². The van der Waals surface area contributed by atoms with Gasteiger partial charge in [-0.05, 0) is 111 Å². The average Bonchev–Trinajstić information content (AvgIpc) is 3.04. The second kappa shape index (κ2) is 21.4. The van der Waals surface area contributed by atoms with Crippen LogP contribution in [0.5, 0.6) is 0 Å². The number of halogens is 6. The molecule has 0 unspecified atom stereocenters. The Bertz CT molecular complexity index is 1550. The van der Waals surface area contributed by atoms with E-state index in [1.165, 1.54) is 33.4 Å². The van der Waals surface area contributed by atoms with Gasteiger partial charge in [-0.2, -0.15) is 0 Å². The summed E-state index contributed by atoms with van der Waals surface area (Å²) < 4.78 is -1.50. The smallest absolute Gasteiger partial charge is 0.180 e. The number of carbonyl (C=O) groups excluding carboxylic acids is 3. The van der Waals surface area contributed by atoms with Crippen LogP contribution in [0.2, 0.25) is 0 Å². The third-order valence-corrected chi connectivity index (χ3v) is 7.93. The van der Waals surface area contributed by atoms with Crippen LogP contribution in [-0.4, -0.2) is 25.9 Å². The summed E-state index contributed by atoms with van der Waals surface area (Å²) in [5.41, 5.74) is 11.9. The molecule has 0 aliphatic carbocycles. The third-order valence-electron chi connectivity index (χ3n) is 7.93. The minimum Gasteiger partial charge on any atom is -0.381 e. The number of nitrogens with one attached hydrogen (secondary N) is 3. The first-order valence-corrected chi connectivity index (χ1v) is 18.1. The molecule has 0 saturated carbocycles. The van der Waals surface area contributed by atoms with Gasteiger partial charge < -0.3 is 16.0 Å². The van der Waals surface area contributed by atoms with Crippen LogP contribution in [0.3, 0.4) is 0 Å². The summed E-state index contributed by atoms with van der Waals surface area (Å²) in [6, 6.07) is 22.7. The largest absolute Gasteiger partial charge is 0.381 e. The molecule has 268 valence electrons. The van der Waals surface area contributed by atoms with Gasteiger partial charge in [0.25, 0.3) is 0 Å². The van der Waals surface area contributed by atoms with E-state index in [-0.39, 0.29) is 17.3 Å². The van der Waals surface area contributed by atoms with Gasteiger partial charge >= 0.3 is 0 Å². The standard InChI is InChI=1S/C36H39N3O3.2CHCl3/c1-22-34(19-37-31-13-7-10-28(16-31)25(4)40)23(2)36(21-39-33-15-9-12-30(18-33)27(6)42)24(3)35(22)20-38-32-14-8-11-29(17-32)26(5)41;2*2-1(3)4/h7-18,37-39H,19-21H2,1-6H3;2*1H. The highest BCUT2D eigenvalue weighted by Gasteiger charge is 2.18. The first-order valence-electron chi connectivity index (χ1n) is 15.5. The summed E-state index contributed by atoms with van der Waals surface area (Å²) in [6.45, 7) is 13.0. The number of ketones is 3. The summed E-state index contributed by atoms with van der Waals surface area (Å²) in [5.74, 6) is 0.0993.